The van der Waals surface area contributed by atoms with E-state index in [2.05, 4.69) is 19.2 Å². The maximum absolute atomic E-state index is 12.5. The van der Waals surface area contributed by atoms with Crippen molar-refractivity contribution in [3.8, 4) is 5.75 Å². The van der Waals surface area contributed by atoms with E-state index in [1.807, 2.05) is 29.2 Å². The number of ether oxygens (including phenoxy) is 1. The third-order valence-corrected chi connectivity index (χ3v) is 3.68. The van der Waals surface area contributed by atoms with Crippen LogP contribution in [0.3, 0.4) is 0 Å². The summed E-state index contributed by atoms with van der Waals surface area (Å²) in [5.74, 6) is 0.958. The third kappa shape index (κ3) is 3.73. The van der Waals surface area contributed by atoms with E-state index < -0.39 is 0 Å². The molecule has 1 aliphatic heterocycles. The molecule has 1 heterocycles. The summed E-state index contributed by atoms with van der Waals surface area (Å²) < 4.78 is 5.32. The number of hydrogen-bond donors (Lipinski definition) is 1. The number of nitrogens with one attached hydrogen (secondary N) is 1. The Hall–Kier alpha value is -1.55. The Labute approximate surface area is 121 Å². The molecule has 1 aromatic rings. The Morgan fingerprint density at radius 1 is 1.40 bits per heavy atom. The molecular weight excluding hydrogens is 252 g/mol. The minimum absolute atomic E-state index is 0.0209. The first-order chi connectivity index (χ1) is 9.52. The van der Waals surface area contributed by atoms with Crippen molar-refractivity contribution in [1.29, 1.82) is 0 Å². The number of methoxy groups -OCH3 is 1. The average Bonchev–Trinajstić information content (AvgIpc) is 2.60. The SMILES string of the molecule is COc1ccccc1CC(=O)N1CCCNC(C)(C)C1. The van der Waals surface area contributed by atoms with Gasteiger partial charge in [0, 0.05) is 24.2 Å². The lowest BCUT2D eigenvalue weighted by atomic mass is 10.0. The van der Waals surface area contributed by atoms with E-state index in [1.54, 1.807) is 7.11 Å². The van der Waals surface area contributed by atoms with Gasteiger partial charge in [0.15, 0.2) is 0 Å². The minimum Gasteiger partial charge on any atom is -0.496 e. The summed E-state index contributed by atoms with van der Waals surface area (Å²) in [6.07, 6.45) is 1.40. The average molecular weight is 276 g/mol. The van der Waals surface area contributed by atoms with Crippen molar-refractivity contribution in [2.75, 3.05) is 26.7 Å². The van der Waals surface area contributed by atoms with E-state index in [-0.39, 0.29) is 11.4 Å². The molecule has 0 spiro atoms. The van der Waals surface area contributed by atoms with Gasteiger partial charge < -0.3 is 15.0 Å². The Bertz CT molecular complexity index is 471. The second-order valence-electron chi connectivity index (χ2n) is 5.97. The van der Waals surface area contributed by atoms with Gasteiger partial charge in [-0.05, 0) is 32.9 Å². The van der Waals surface area contributed by atoms with Gasteiger partial charge >= 0.3 is 0 Å². The Kier molecular flexibility index (Phi) is 4.65. The van der Waals surface area contributed by atoms with Gasteiger partial charge in [-0.2, -0.15) is 0 Å². The molecule has 20 heavy (non-hydrogen) atoms. The van der Waals surface area contributed by atoms with Crippen molar-refractivity contribution in [2.24, 2.45) is 0 Å². The normalized spacial score (nSPS) is 18.4. The smallest absolute Gasteiger partial charge is 0.227 e. The number of carbonyl (C=O) groups excluding carboxylic acids is 1. The van der Waals surface area contributed by atoms with Crippen LogP contribution in [0.5, 0.6) is 5.75 Å². The second kappa shape index (κ2) is 6.27. The minimum atomic E-state index is -0.0209. The second-order valence-corrected chi connectivity index (χ2v) is 5.97. The van der Waals surface area contributed by atoms with Crippen LogP contribution < -0.4 is 10.1 Å². The molecular formula is C16H24N2O2. The quantitative estimate of drug-likeness (QED) is 0.916. The first-order valence-electron chi connectivity index (χ1n) is 7.16. The zero-order valence-corrected chi connectivity index (χ0v) is 12.6. The molecule has 4 heteroatoms. The van der Waals surface area contributed by atoms with Crippen LogP contribution in [0.1, 0.15) is 25.8 Å². The first kappa shape index (κ1) is 14.9. The molecule has 1 saturated heterocycles. The zero-order valence-electron chi connectivity index (χ0n) is 12.6. The van der Waals surface area contributed by atoms with Gasteiger partial charge in [0.05, 0.1) is 13.5 Å². The van der Waals surface area contributed by atoms with Crippen molar-refractivity contribution >= 4 is 5.91 Å². The van der Waals surface area contributed by atoms with Crippen LogP contribution in [0, 0.1) is 0 Å². The number of carbonyl (C=O) groups is 1. The summed E-state index contributed by atoms with van der Waals surface area (Å²) in [5, 5.41) is 3.47. The van der Waals surface area contributed by atoms with Crippen LogP contribution in [-0.4, -0.2) is 43.1 Å². The highest BCUT2D eigenvalue weighted by atomic mass is 16.5. The summed E-state index contributed by atoms with van der Waals surface area (Å²) in [6, 6.07) is 7.72. The predicted molar refractivity (Wildman–Crippen MR) is 80.0 cm³/mol. The molecule has 0 aliphatic carbocycles. The van der Waals surface area contributed by atoms with E-state index in [4.69, 9.17) is 4.74 Å². The molecule has 0 bridgehead atoms. The van der Waals surface area contributed by atoms with Crippen molar-refractivity contribution in [1.82, 2.24) is 10.2 Å². The standard InChI is InChI=1S/C16H24N2O2/c1-16(2)12-18(10-6-9-17-16)15(19)11-13-7-4-5-8-14(13)20-3/h4-5,7-8,17H,6,9-12H2,1-3H3. The maximum atomic E-state index is 12.5. The molecule has 2 rings (SSSR count). The Morgan fingerprint density at radius 2 is 2.15 bits per heavy atom. The van der Waals surface area contributed by atoms with Crippen LogP contribution in [0.4, 0.5) is 0 Å². The highest BCUT2D eigenvalue weighted by Crippen LogP contribution is 2.19. The van der Waals surface area contributed by atoms with Crippen molar-refractivity contribution in [3.05, 3.63) is 29.8 Å². The summed E-state index contributed by atoms with van der Waals surface area (Å²) in [6.45, 7) is 6.82. The van der Waals surface area contributed by atoms with Crippen molar-refractivity contribution in [3.63, 3.8) is 0 Å². The van der Waals surface area contributed by atoms with Gasteiger partial charge in [-0.15, -0.1) is 0 Å². The van der Waals surface area contributed by atoms with E-state index in [0.717, 1.165) is 37.4 Å². The summed E-state index contributed by atoms with van der Waals surface area (Å²) in [4.78, 5) is 14.5. The summed E-state index contributed by atoms with van der Waals surface area (Å²) in [5.41, 5.74) is 0.933. The number of amides is 1. The fraction of sp³-hybridized carbons (Fsp3) is 0.562. The lowest BCUT2D eigenvalue weighted by molar-refractivity contribution is -0.131. The molecule has 0 unspecified atom stereocenters. The lowest BCUT2D eigenvalue weighted by Crippen LogP contribution is -2.48. The Balaban J connectivity index is 2.07. The first-order valence-corrected chi connectivity index (χ1v) is 7.16. The molecule has 1 fully saturated rings. The molecule has 1 N–H and O–H groups in total. The van der Waals surface area contributed by atoms with Gasteiger partial charge in [0.1, 0.15) is 5.75 Å². The molecule has 0 aromatic heterocycles. The van der Waals surface area contributed by atoms with Crippen LogP contribution in [0.25, 0.3) is 0 Å². The topological polar surface area (TPSA) is 41.6 Å². The summed E-state index contributed by atoms with van der Waals surface area (Å²) in [7, 11) is 1.64. The molecule has 110 valence electrons. The van der Waals surface area contributed by atoms with Crippen LogP contribution in [0.2, 0.25) is 0 Å². The summed E-state index contributed by atoms with van der Waals surface area (Å²) >= 11 is 0. The van der Waals surface area contributed by atoms with Crippen LogP contribution in [0.15, 0.2) is 24.3 Å². The monoisotopic (exact) mass is 276 g/mol. The largest absolute Gasteiger partial charge is 0.496 e. The predicted octanol–water partition coefficient (Wildman–Crippen LogP) is 1.84. The van der Waals surface area contributed by atoms with Crippen LogP contribution >= 0.6 is 0 Å². The van der Waals surface area contributed by atoms with Gasteiger partial charge in [0.2, 0.25) is 5.91 Å². The molecule has 0 atom stereocenters. The van der Waals surface area contributed by atoms with E-state index in [0.29, 0.717) is 6.42 Å². The molecule has 1 amide bonds. The number of benzene rings is 1. The molecule has 0 saturated carbocycles. The van der Waals surface area contributed by atoms with Crippen molar-refractivity contribution < 1.29 is 9.53 Å². The number of hydrogen-bond acceptors (Lipinski definition) is 3. The van der Waals surface area contributed by atoms with E-state index in [9.17, 15) is 4.79 Å². The lowest BCUT2D eigenvalue weighted by Gasteiger charge is -2.30. The maximum Gasteiger partial charge on any atom is 0.227 e. The van der Waals surface area contributed by atoms with Gasteiger partial charge in [-0.3, -0.25) is 4.79 Å². The fourth-order valence-electron chi connectivity index (χ4n) is 2.65. The third-order valence-electron chi connectivity index (χ3n) is 3.68. The van der Waals surface area contributed by atoms with Crippen LogP contribution in [-0.2, 0) is 11.2 Å². The van der Waals surface area contributed by atoms with Gasteiger partial charge in [-0.25, -0.2) is 0 Å². The molecule has 1 aliphatic rings. The van der Waals surface area contributed by atoms with Gasteiger partial charge in [0.25, 0.3) is 0 Å². The number of para-hydroxylation sites is 1. The van der Waals surface area contributed by atoms with E-state index in [1.165, 1.54) is 0 Å². The fourth-order valence-corrected chi connectivity index (χ4v) is 2.65. The molecule has 0 radical (unpaired) electrons. The molecule has 1 aromatic carbocycles. The Morgan fingerprint density at radius 3 is 2.90 bits per heavy atom. The van der Waals surface area contributed by atoms with Gasteiger partial charge in [-0.1, -0.05) is 18.2 Å². The zero-order chi connectivity index (χ0) is 14.6. The molecule has 4 nitrogen and oxygen atoms in total. The van der Waals surface area contributed by atoms with E-state index >= 15 is 0 Å². The highest BCUT2D eigenvalue weighted by Gasteiger charge is 2.27. The highest BCUT2D eigenvalue weighted by molar-refractivity contribution is 5.79. The number of rotatable bonds is 3. The number of nitrogens with zero attached hydrogens (tertiary/aromatic N) is 1. The van der Waals surface area contributed by atoms with Crippen molar-refractivity contribution in [2.45, 2.75) is 32.2 Å².